The minimum Gasteiger partial charge on any atom is -0.335 e. The summed E-state index contributed by atoms with van der Waals surface area (Å²) in [4.78, 5) is 14.1. The van der Waals surface area contributed by atoms with Gasteiger partial charge in [0.15, 0.2) is 5.69 Å². The van der Waals surface area contributed by atoms with Gasteiger partial charge in [0.05, 0.1) is 17.9 Å². The summed E-state index contributed by atoms with van der Waals surface area (Å²) >= 11 is 2.98. The van der Waals surface area contributed by atoms with Crippen LogP contribution in [0.2, 0.25) is 0 Å². The molecule has 0 bridgehead atoms. The predicted molar refractivity (Wildman–Crippen MR) is 77.5 cm³/mol. The van der Waals surface area contributed by atoms with Crippen molar-refractivity contribution in [1.29, 1.82) is 0 Å². The lowest BCUT2D eigenvalue weighted by Gasteiger charge is -2.32. The van der Waals surface area contributed by atoms with Crippen LogP contribution in [0.25, 0.3) is 0 Å². The van der Waals surface area contributed by atoms with Crippen LogP contribution in [0.15, 0.2) is 36.5 Å². The first-order valence-electron chi connectivity index (χ1n) is 6.08. The third-order valence-corrected chi connectivity index (χ3v) is 4.83. The van der Waals surface area contributed by atoms with Crippen LogP contribution in [0.3, 0.4) is 0 Å². The van der Waals surface area contributed by atoms with E-state index in [1.54, 1.807) is 6.20 Å². The molecule has 1 saturated heterocycles. The van der Waals surface area contributed by atoms with Gasteiger partial charge in [-0.15, -0.1) is 0 Å². The van der Waals surface area contributed by atoms with Gasteiger partial charge in [-0.25, -0.2) is 0 Å². The molecule has 19 heavy (non-hydrogen) atoms. The number of nitrogens with zero attached hydrogens (tertiary/aromatic N) is 3. The zero-order valence-corrected chi connectivity index (χ0v) is 11.9. The molecule has 2 heterocycles. The lowest BCUT2D eigenvalue weighted by molar-refractivity contribution is 0.0756. The predicted octanol–water partition coefficient (Wildman–Crippen LogP) is 2.47. The Kier molecular flexibility index (Phi) is 3.79. The molecule has 1 amide bonds. The molecule has 3 rings (SSSR count). The Balaban J connectivity index is 1.73. The molecule has 1 aromatic heterocycles. The van der Waals surface area contributed by atoms with E-state index in [4.69, 9.17) is 0 Å². The number of thioether (sulfide) groups is 1. The van der Waals surface area contributed by atoms with Crippen LogP contribution in [0, 0.1) is 0 Å². The molecule has 0 aliphatic carbocycles. The Hall–Kier alpha value is -1.40. The first-order chi connectivity index (χ1) is 9.34. The van der Waals surface area contributed by atoms with Gasteiger partial charge in [0.2, 0.25) is 0 Å². The SMILES string of the molecule is O=C(c1cnsn1)N1CCSC(c2ccccc2)C1. The standard InChI is InChI=1S/C13H13N3OS2/c17-13(11-8-14-19-15-11)16-6-7-18-12(9-16)10-4-2-1-3-5-10/h1-5,8,12H,6-7,9H2. The summed E-state index contributed by atoms with van der Waals surface area (Å²) in [6, 6.07) is 10.3. The molecular weight excluding hydrogens is 278 g/mol. The highest BCUT2D eigenvalue weighted by Crippen LogP contribution is 2.33. The van der Waals surface area contributed by atoms with Crippen LogP contribution in [0.4, 0.5) is 0 Å². The van der Waals surface area contributed by atoms with Crippen LogP contribution in [-0.2, 0) is 0 Å². The van der Waals surface area contributed by atoms with E-state index in [1.807, 2.05) is 34.9 Å². The molecule has 0 radical (unpaired) electrons. The number of hydrogen-bond donors (Lipinski definition) is 0. The Labute approximate surface area is 120 Å². The second kappa shape index (κ2) is 5.71. The number of carbonyl (C=O) groups excluding carboxylic acids is 1. The zero-order chi connectivity index (χ0) is 13.1. The lowest BCUT2D eigenvalue weighted by Crippen LogP contribution is -2.39. The first-order valence-corrected chi connectivity index (χ1v) is 7.86. The Morgan fingerprint density at radius 1 is 1.32 bits per heavy atom. The molecule has 1 unspecified atom stereocenters. The van der Waals surface area contributed by atoms with Crippen molar-refractivity contribution in [3.8, 4) is 0 Å². The monoisotopic (exact) mass is 291 g/mol. The molecule has 0 spiro atoms. The van der Waals surface area contributed by atoms with E-state index in [-0.39, 0.29) is 5.91 Å². The average molecular weight is 291 g/mol. The average Bonchev–Trinajstić information content (AvgIpc) is 3.02. The molecule has 1 aliphatic rings. The van der Waals surface area contributed by atoms with Gasteiger partial charge >= 0.3 is 0 Å². The molecule has 1 fully saturated rings. The van der Waals surface area contributed by atoms with Crippen LogP contribution >= 0.6 is 23.5 Å². The van der Waals surface area contributed by atoms with Gasteiger partial charge in [0, 0.05) is 24.1 Å². The van der Waals surface area contributed by atoms with E-state index < -0.39 is 0 Å². The van der Waals surface area contributed by atoms with Crippen molar-refractivity contribution in [2.75, 3.05) is 18.8 Å². The van der Waals surface area contributed by atoms with Crippen molar-refractivity contribution in [2.45, 2.75) is 5.25 Å². The number of carbonyl (C=O) groups is 1. The van der Waals surface area contributed by atoms with Gasteiger partial charge in [0.1, 0.15) is 0 Å². The van der Waals surface area contributed by atoms with E-state index in [1.165, 1.54) is 5.56 Å². The van der Waals surface area contributed by atoms with Crippen LogP contribution in [-0.4, -0.2) is 38.4 Å². The zero-order valence-electron chi connectivity index (χ0n) is 10.2. The summed E-state index contributed by atoms with van der Waals surface area (Å²) in [7, 11) is 0. The number of amides is 1. The van der Waals surface area contributed by atoms with Crippen molar-refractivity contribution in [1.82, 2.24) is 13.6 Å². The number of hydrogen-bond acceptors (Lipinski definition) is 5. The summed E-state index contributed by atoms with van der Waals surface area (Å²) in [5.41, 5.74) is 1.74. The normalized spacial score (nSPS) is 19.4. The number of aromatic nitrogens is 2. The summed E-state index contributed by atoms with van der Waals surface area (Å²) < 4.78 is 7.91. The van der Waals surface area contributed by atoms with E-state index >= 15 is 0 Å². The molecule has 4 nitrogen and oxygen atoms in total. The fourth-order valence-corrected chi connectivity index (χ4v) is 3.78. The van der Waals surface area contributed by atoms with Gasteiger partial charge in [-0.1, -0.05) is 30.3 Å². The Bertz CT molecular complexity index is 544. The molecule has 6 heteroatoms. The highest BCUT2D eigenvalue weighted by atomic mass is 32.2. The highest BCUT2D eigenvalue weighted by Gasteiger charge is 2.26. The van der Waals surface area contributed by atoms with Gasteiger partial charge in [-0.05, 0) is 5.56 Å². The smallest absolute Gasteiger partial charge is 0.275 e. The van der Waals surface area contributed by atoms with Crippen molar-refractivity contribution >= 4 is 29.4 Å². The molecule has 1 aromatic carbocycles. The Morgan fingerprint density at radius 3 is 2.89 bits per heavy atom. The molecule has 98 valence electrons. The molecule has 2 aromatic rings. The third-order valence-electron chi connectivity index (χ3n) is 3.11. The lowest BCUT2D eigenvalue weighted by atomic mass is 10.1. The topological polar surface area (TPSA) is 46.1 Å². The van der Waals surface area contributed by atoms with Gasteiger partial charge in [0.25, 0.3) is 5.91 Å². The maximum Gasteiger partial charge on any atom is 0.275 e. The summed E-state index contributed by atoms with van der Waals surface area (Å²) in [6.45, 7) is 1.52. The minimum absolute atomic E-state index is 0.00465. The first kappa shape index (κ1) is 12.6. The largest absolute Gasteiger partial charge is 0.335 e. The van der Waals surface area contributed by atoms with Crippen molar-refractivity contribution in [3.63, 3.8) is 0 Å². The van der Waals surface area contributed by atoms with Gasteiger partial charge in [-0.3, -0.25) is 4.79 Å². The fourth-order valence-electron chi connectivity index (χ4n) is 2.12. The quantitative estimate of drug-likeness (QED) is 0.853. The van der Waals surface area contributed by atoms with E-state index in [0.29, 0.717) is 10.9 Å². The number of benzene rings is 1. The Morgan fingerprint density at radius 2 is 2.16 bits per heavy atom. The fraction of sp³-hybridized carbons (Fsp3) is 0.308. The maximum atomic E-state index is 12.3. The molecule has 0 N–H and O–H groups in total. The molecule has 0 saturated carbocycles. The molecule has 1 aliphatic heterocycles. The van der Waals surface area contributed by atoms with Gasteiger partial charge in [-0.2, -0.15) is 20.5 Å². The summed E-state index contributed by atoms with van der Waals surface area (Å²) in [5, 5.41) is 0.352. The van der Waals surface area contributed by atoms with Gasteiger partial charge < -0.3 is 4.90 Å². The van der Waals surface area contributed by atoms with E-state index in [0.717, 1.165) is 30.6 Å². The number of rotatable bonds is 2. The molecular formula is C13H13N3OS2. The van der Waals surface area contributed by atoms with E-state index in [9.17, 15) is 4.79 Å². The second-order valence-corrected chi connectivity index (χ2v) is 6.18. The minimum atomic E-state index is -0.00465. The highest BCUT2D eigenvalue weighted by molar-refractivity contribution is 7.99. The summed E-state index contributed by atoms with van der Waals surface area (Å²) in [6.07, 6.45) is 1.55. The van der Waals surface area contributed by atoms with Crippen LogP contribution in [0.1, 0.15) is 21.3 Å². The van der Waals surface area contributed by atoms with Crippen molar-refractivity contribution < 1.29 is 4.79 Å². The molecule has 1 atom stereocenters. The van der Waals surface area contributed by atoms with Crippen molar-refractivity contribution in [3.05, 3.63) is 47.8 Å². The van der Waals surface area contributed by atoms with Crippen molar-refractivity contribution in [2.24, 2.45) is 0 Å². The van der Waals surface area contributed by atoms with E-state index in [2.05, 4.69) is 20.9 Å². The third kappa shape index (κ3) is 2.79. The summed E-state index contributed by atoms with van der Waals surface area (Å²) in [5.74, 6) is 0.957. The van der Waals surface area contributed by atoms with Crippen LogP contribution in [0.5, 0.6) is 0 Å². The maximum absolute atomic E-state index is 12.3. The van der Waals surface area contributed by atoms with Crippen LogP contribution < -0.4 is 0 Å². The second-order valence-electron chi connectivity index (χ2n) is 4.31.